The van der Waals surface area contributed by atoms with Gasteiger partial charge >= 0.3 is 0 Å². The molecule has 0 saturated carbocycles. The van der Waals surface area contributed by atoms with E-state index in [2.05, 4.69) is 44.9 Å². The molecule has 25 nitrogen and oxygen atoms in total. The molecule has 0 fully saturated rings. The summed E-state index contributed by atoms with van der Waals surface area (Å²) >= 11 is 0. The molecule has 0 aromatic heterocycles. The van der Waals surface area contributed by atoms with Crippen LogP contribution in [0.25, 0.3) is 0 Å². The van der Waals surface area contributed by atoms with Gasteiger partial charge in [0.05, 0.1) is 14.7 Å². The molecule has 29 heteroatoms. The van der Waals surface area contributed by atoms with Gasteiger partial charge in [0, 0.05) is 83.9 Å². The van der Waals surface area contributed by atoms with Crippen LogP contribution in [0.5, 0.6) is 40.2 Å². The SMILES string of the molecule is COCCCNS(=O)(=O)c1ccc(O)c(N=Nc2ccc(O)c(N=Nc3cc(S(=O)(=O)NCCCOC)ccc3O)c2O)c1.COCCCNS(=O)(=O)c1ccc(O)c(N=Nc2ccc(O)cc2O)c1.[Fe]. The van der Waals surface area contributed by atoms with E-state index in [1.54, 1.807) is 0 Å². The number of nitrogens with zero attached hydrogens (tertiary/aromatic N) is 6. The first kappa shape index (κ1) is 58.9. The van der Waals surface area contributed by atoms with E-state index in [0.717, 1.165) is 48.5 Å². The summed E-state index contributed by atoms with van der Waals surface area (Å²) in [5, 5.41) is 92.8. The average Bonchev–Trinajstić information content (AvgIpc) is 3.31. The molecule has 0 atom stereocenters. The quantitative estimate of drug-likeness (QED) is 0.0179. The van der Waals surface area contributed by atoms with E-state index in [4.69, 9.17) is 14.2 Å². The molecule has 5 aromatic rings. The fraction of sp³-hybridized carbons (Fsp3) is 0.286. The van der Waals surface area contributed by atoms with Crippen molar-refractivity contribution in [3.63, 3.8) is 0 Å². The number of benzene rings is 5. The molecule has 0 amide bonds. The van der Waals surface area contributed by atoms with E-state index in [-0.39, 0.29) is 97.1 Å². The maximum absolute atomic E-state index is 12.6. The molecule has 0 saturated heterocycles. The first-order chi connectivity index (χ1) is 33.2. The molecule has 5 aromatic carbocycles. The summed E-state index contributed by atoms with van der Waals surface area (Å²) in [6, 6.07) is 16.3. The van der Waals surface area contributed by atoms with Gasteiger partial charge in [0.25, 0.3) is 0 Å². The number of hydrogen-bond donors (Lipinski definition) is 10. The number of phenolic OH excluding ortho intramolecular Hbond substituents is 7. The molecule has 0 bridgehead atoms. The first-order valence-electron chi connectivity index (χ1n) is 20.5. The van der Waals surface area contributed by atoms with Crippen molar-refractivity contribution in [3.8, 4) is 40.2 Å². The van der Waals surface area contributed by atoms with Crippen LogP contribution in [0, 0.1) is 0 Å². The summed E-state index contributed by atoms with van der Waals surface area (Å²) in [5.74, 6) is -2.80. The van der Waals surface area contributed by atoms with Crippen molar-refractivity contribution in [1.82, 2.24) is 14.2 Å². The summed E-state index contributed by atoms with van der Waals surface area (Å²) in [5.41, 5.74) is -1.30. The van der Waals surface area contributed by atoms with Crippen molar-refractivity contribution >= 4 is 64.2 Å². The fourth-order valence-electron chi connectivity index (χ4n) is 5.42. The topological polar surface area (TPSA) is 382 Å². The van der Waals surface area contributed by atoms with Crippen LogP contribution in [0.15, 0.2) is 130 Å². The van der Waals surface area contributed by atoms with Crippen LogP contribution in [0.2, 0.25) is 0 Å². The first-order valence-corrected chi connectivity index (χ1v) is 24.9. The standard InChI is InChI=1S/C26H32N6O10S2.C16H19N3O6S.Fe/c1-41-13-3-11-27-43(37,38)17-5-8-22(33)20(15-17)30-29-19-7-10-24(35)25(26(19)36)32-31-21-16-18(6-9-23(21)34)44(39,40)28-12-4-14-42-2;1-25-8-2-7-17-26(23,24)12-4-6-15(21)14(10-12)19-18-13-5-3-11(20)9-16(13)22;/h5-10,15-16,27-28,33-36H,3-4,11-14H2,1-2H3;3-6,9-10,17,20-22H,2,7-8H2,1H3;. The Bertz CT molecular complexity index is 3020. The van der Waals surface area contributed by atoms with Gasteiger partial charge < -0.3 is 50.0 Å². The molecule has 5 rings (SSSR count). The Morgan fingerprint density at radius 2 is 0.746 bits per heavy atom. The van der Waals surface area contributed by atoms with E-state index >= 15 is 0 Å². The zero-order valence-electron chi connectivity index (χ0n) is 38.0. The van der Waals surface area contributed by atoms with E-state index in [1.165, 1.54) is 57.7 Å². The van der Waals surface area contributed by atoms with Crippen LogP contribution in [0.3, 0.4) is 0 Å². The summed E-state index contributed by atoms with van der Waals surface area (Å²) in [6.45, 7) is 1.57. The van der Waals surface area contributed by atoms with Gasteiger partial charge in [-0.3, -0.25) is 0 Å². The van der Waals surface area contributed by atoms with Crippen LogP contribution in [-0.2, 0) is 61.3 Å². The molecule has 0 spiro atoms. The van der Waals surface area contributed by atoms with Crippen LogP contribution in [-0.4, -0.2) is 122 Å². The van der Waals surface area contributed by atoms with Crippen molar-refractivity contribution in [1.29, 1.82) is 0 Å². The van der Waals surface area contributed by atoms with E-state index in [1.807, 2.05) is 0 Å². The Morgan fingerprint density at radius 3 is 1.13 bits per heavy atom. The van der Waals surface area contributed by atoms with Crippen LogP contribution in [0.1, 0.15) is 19.3 Å². The molecule has 0 radical (unpaired) electrons. The number of rotatable bonds is 24. The number of ether oxygens (including phenoxy) is 3. The van der Waals surface area contributed by atoms with Gasteiger partial charge in [-0.15, -0.1) is 30.7 Å². The number of nitrogens with one attached hydrogen (secondary N) is 3. The van der Waals surface area contributed by atoms with Crippen molar-refractivity contribution in [2.45, 2.75) is 33.9 Å². The van der Waals surface area contributed by atoms with E-state index in [0.29, 0.717) is 39.1 Å². The minimum Gasteiger partial charge on any atom is -0.508 e. The Morgan fingerprint density at radius 1 is 0.408 bits per heavy atom. The Hall–Kier alpha value is -6.37. The Labute approximate surface area is 419 Å². The normalized spacial score (nSPS) is 12.0. The fourth-order valence-corrected chi connectivity index (χ4v) is 8.71. The van der Waals surface area contributed by atoms with Gasteiger partial charge in [-0.2, -0.15) is 0 Å². The molecule has 0 aliphatic rings. The third-order valence-corrected chi connectivity index (χ3v) is 13.5. The predicted octanol–water partition coefficient (Wildman–Crippen LogP) is 6.50. The summed E-state index contributed by atoms with van der Waals surface area (Å²) in [7, 11) is -7.16. The van der Waals surface area contributed by atoms with Crippen molar-refractivity contribution in [2.75, 3.05) is 60.8 Å². The van der Waals surface area contributed by atoms with Gasteiger partial charge in [-0.25, -0.2) is 39.4 Å². The Balaban J connectivity index is 0.000000420. The van der Waals surface area contributed by atoms with Gasteiger partial charge in [0.2, 0.25) is 30.1 Å². The number of methoxy groups -OCH3 is 3. The minimum absolute atomic E-state index is 0. The number of phenols is 7. The van der Waals surface area contributed by atoms with E-state index in [9.17, 15) is 61.0 Å². The van der Waals surface area contributed by atoms with Crippen LogP contribution < -0.4 is 14.2 Å². The smallest absolute Gasteiger partial charge is 0.240 e. The molecule has 0 unspecified atom stereocenters. The van der Waals surface area contributed by atoms with Crippen LogP contribution in [0.4, 0.5) is 34.1 Å². The average molecular weight is 1090 g/mol. The molecule has 0 aliphatic carbocycles. The summed E-state index contributed by atoms with van der Waals surface area (Å²) in [4.78, 5) is -0.496. The second-order valence-electron chi connectivity index (χ2n) is 14.3. The second kappa shape index (κ2) is 27.9. The number of aromatic hydroxyl groups is 7. The predicted molar refractivity (Wildman–Crippen MR) is 251 cm³/mol. The molecule has 0 heterocycles. The minimum atomic E-state index is -3.95. The Kier molecular flexibility index (Phi) is 23.1. The zero-order chi connectivity index (χ0) is 51.5. The molecule has 10 N–H and O–H groups in total. The zero-order valence-corrected chi connectivity index (χ0v) is 41.6. The summed E-state index contributed by atoms with van der Waals surface area (Å²) < 4.78 is 96.6. The van der Waals surface area contributed by atoms with Gasteiger partial charge in [0.15, 0.2) is 11.4 Å². The number of sulfonamides is 3. The second-order valence-corrected chi connectivity index (χ2v) is 19.6. The van der Waals surface area contributed by atoms with Gasteiger partial charge in [-0.1, -0.05) is 0 Å². The number of hydrogen-bond acceptors (Lipinski definition) is 22. The molecular formula is C42H51FeN9O16S3. The number of azo groups is 3. The van der Waals surface area contributed by atoms with Crippen molar-refractivity contribution in [2.24, 2.45) is 30.7 Å². The maximum Gasteiger partial charge on any atom is 0.240 e. The molecule has 0 aliphatic heterocycles. The largest absolute Gasteiger partial charge is 0.508 e. The third kappa shape index (κ3) is 17.8. The van der Waals surface area contributed by atoms with Gasteiger partial charge in [-0.05, 0) is 98.1 Å². The molecular weight excluding hydrogens is 1040 g/mol. The molecule has 386 valence electrons. The maximum atomic E-state index is 12.6. The van der Waals surface area contributed by atoms with Crippen molar-refractivity contribution < 1.29 is 92.3 Å². The van der Waals surface area contributed by atoms with Crippen LogP contribution >= 0.6 is 0 Å². The summed E-state index contributed by atoms with van der Waals surface area (Å²) in [6.07, 6.45) is 1.39. The molecule has 71 heavy (non-hydrogen) atoms. The van der Waals surface area contributed by atoms with Crippen molar-refractivity contribution in [3.05, 3.63) is 84.9 Å². The monoisotopic (exact) mass is 1090 g/mol. The van der Waals surface area contributed by atoms with E-state index < -0.39 is 58.8 Å². The van der Waals surface area contributed by atoms with Gasteiger partial charge in [0.1, 0.15) is 62.9 Å². The third-order valence-electron chi connectivity index (χ3n) is 9.08.